The van der Waals surface area contributed by atoms with E-state index in [9.17, 15) is 4.79 Å². The van der Waals surface area contributed by atoms with Crippen molar-refractivity contribution < 1.29 is 9.53 Å². The Morgan fingerprint density at radius 1 is 1.25 bits per heavy atom. The molecule has 1 unspecified atom stereocenters. The van der Waals surface area contributed by atoms with E-state index in [2.05, 4.69) is 46.3 Å². The number of aliphatic imine (C=N–C) groups is 1. The Morgan fingerprint density at radius 3 is 2.64 bits per heavy atom. The number of piperazine rings is 1. The molecule has 28 heavy (non-hydrogen) atoms. The fraction of sp³-hybridized carbons (Fsp3) is 0.619. The van der Waals surface area contributed by atoms with Crippen LogP contribution >= 0.6 is 0 Å². The summed E-state index contributed by atoms with van der Waals surface area (Å²) < 4.78 is 5.55. The maximum atomic E-state index is 12.5. The van der Waals surface area contributed by atoms with Crippen molar-refractivity contribution in [2.24, 2.45) is 4.99 Å². The van der Waals surface area contributed by atoms with E-state index in [4.69, 9.17) is 9.73 Å². The normalized spacial score (nSPS) is 20.4. The first-order valence-corrected chi connectivity index (χ1v) is 10.3. The maximum absolute atomic E-state index is 12.5. The van der Waals surface area contributed by atoms with Crippen LogP contribution in [0.2, 0.25) is 0 Å². The molecule has 1 amide bonds. The number of anilines is 1. The Labute approximate surface area is 168 Å². The van der Waals surface area contributed by atoms with E-state index in [-0.39, 0.29) is 12.0 Å². The highest BCUT2D eigenvalue weighted by atomic mass is 16.5. The lowest BCUT2D eigenvalue weighted by Crippen LogP contribution is -2.55. The summed E-state index contributed by atoms with van der Waals surface area (Å²) in [6, 6.07) is 8.45. The molecule has 1 aromatic rings. The zero-order valence-corrected chi connectivity index (χ0v) is 17.4. The Balaban J connectivity index is 1.59. The monoisotopic (exact) mass is 387 g/mol. The minimum Gasteiger partial charge on any atom is -0.378 e. The lowest BCUT2D eigenvalue weighted by molar-refractivity contribution is -0.142. The second-order valence-corrected chi connectivity index (χ2v) is 7.55. The summed E-state index contributed by atoms with van der Waals surface area (Å²) in [4.78, 5) is 23.7. The molecule has 0 aliphatic carbocycles. The number of amides is 1. The van der Waals surface area contributed by atoms with Crippen molar-refractivity contribution in [2.75, 3.05) is 58.3 Å². The third-order valence-corrected chi connectivity index (χ3v) is 5.27. The van der Waals surface area contributed by atoms with Crippen LogP contribution in [0.5, 0.6) is 0 Å². The van der Waals surface area contributed by atoms with Gasteiger partial charge < -0.3 is 24.8 Å². The number of hydrogen-bond acceptors (Lipinski definition) is 4. The van der Waals surface area contributed by atoms with Crippen LogP contribution in [0.1, 0.15) is 25.3 Å². The molecule has 7 heteroatoms. The molecule has 0 radical (unpaired) electrons. The van der Waals surface area contributed by atoms with Gasteiger partial charge in [-0.25, -0.2) is 4.99 Å². The van der Waals surface area contributed by atoms with Crippen molar-refractivity contribution in [3.63, 3.8) is 0 Å². The van der Waals surface area contributed by atoms with Gasteiger partial charge in [0.2, 0.25) is 0 Å². The SMILES string of the molecule is CCNC(=NCc1cccc(N(C)C)c1)N1CCN(C(=O)C2CCCO2)CC1. The summed E-state index contributed by atoms with van der Waals surface area (Å²) in [6.07, 6.45) is 1.62. The number of carbonyl (C=O) groups excluding carboxylic acids is 1. The van der Waals surface area contributed by atoms with Crippen molar-refractivity contribution in [1.82, 2.24) is 15.1 Å². The van der Waals surface area contributed by atoms with Crippen LogP contribution in [0.3, 0.4) is 0 Å². The van der Waals surface area contributed by atoms with Crippen LogP contribution in [0.15, 0.2) is 29.3 Å². The van der Waals surface area contributed by atoms with E-state index in [0.717, 1.165) is 51.5 Å². The number of benzene rings is 1. The topological polar surface area (TPSA) is 60.4 Å². The molecule has 154 valence electrons. The predicted octanol–water partition coefficient (Wildman–Crippen LogP) is 1.54. The highest BCUT2D eigenvalue weighted by molar-refractivity contribution is 5.82. The first-order chi connectivity index (χ1) is 13.6. The third-order valence-electron chi connectivity index (χ3n) is 5.27. The zero-order valence-electron chi connectivity index (χ0n) is 17.4. The van der Waals surface area contributed by atoms with Gasteiger partial charge in [-0.1, -0.05) is 12.1 Å². The second kappa shape index (κ2) is 9.78. The van der Waals surface area contributed by atoms with E-state index >= 15 is 0 Å². The van der Waals surface area contributed by atoms with Gasteiger partial charge in [0.25, 0.3) is 5.91 Å². The molecule has 0 saturated carbocycles. The van der Waals surface area contributed by atoms with Gasteiger partial charge in [-0.3, -0.25) is 4.79 Å². The highest BCUT2D eigenvalue weighted by Gasteiger charge is 2.30. The van der Waals surface area contributed by atoms with E-state index in [1.165, 1.54) is 11.3 Å². The van der Waals surface area contributed by atoms with Gasteiger partial charge in [0.1, 0.15) is 6.10 Å². The molecule has 1 atom stereocenters. The molecule has 7 nitrogen and oxygen atoms in total. The summed E-state index contributed by atoms with van der Waals surface area (Å²) in [5, 5.41) is 3.40. The van der Waals surface area contributed by atoms with Crippen LogP contribution in [-0.2, 0) is 16.1 Å². The van der Waals surface area contributed by atoms with Gasteiger partial charge in [0.15, 0.2) is 5.96 Å². The number of guanidine groups is 1. The molecule has 2 saturated heterocycles. The predicted molar refractivity (Wildman–Crippen MR) is 113 cm³/mol. The standard InChI is InChI=1S/C21H33N5O2/c1-4-22-21(23-16-17-7-5-8-18(15-17)24(2)3)26-12-10-25(11-13-26)20(27)19-9-6-14-28-19/h5,7-8,15,19H,4,6,9-14,16H2,1-3H3,(H,22,23). The van der Waals surface area contributed by atoms with Gasteiger partial charge in [0, 0.05) is 59.1 Å². The van der Waals surface area contributed by atoms with Crippen molar-refractivity contribution in [1.29, 1.82) is 0 Å². The number of ether oxygens (including phenoxy) is 1. The van der Waals surface area contributed by atoms with Crippen LogP contribution in [-0.4, -0.2) is 81.2 Å². The average molecular weight is 388 g/mol. The number of hydrogen-bond donors (Lipinski definition) is 1. The van der Waals surface area contributed by atoms with Crippen LogP contribution in [0.4, 0.5) is 5.69 Å². The van der Waals surface area contributed by atoms with Gasteiger partial charge in [-0.05, 0) is 37.5 Å². The molecule has 0 spiro atoms. The molecular formula is C21H33N5O2. The number of nitrogens with one attached hydrogen (secondary N) is 1. The zero-order chi connectivity index (χ0) is 19.9. The maximum Gasteiger partial charge on any atom is 0.251 e. The number of rotatable bonds is 5. The largest absolute Gasteiger partial charge is 0.378 e. The fourth-order valence-corrected chi connectivity index (χ4v) is 3.64. The summed E-state index contributed by atoms with van der Waals surface area (Å²) in [7, 11) is 4.09. The van der Waals surface area contributed by atoms with Crippen molar-refractivity contribution in [2.45, 2.75) is 32.4 Å². The van der Waals surface area contributed by atoms with Crippen molar-refractivity contribution in [3.8, 4) is 0 Å². The highest BCUT2D eigenvalue weighted by Crippen LogP contribution is 2.17. The third kappa shape index (κ3) is 5.16. The minimum atomic E-state index is -0.225. The Morgan fingerprint density at radius 2 is 2.00 bits per heavy atom. The van der Waals surface area contributed by atoms with Crippen LogP contribution in [0, 0.1) is 0 Å². The van der Waals surface area contributed by atoms with Crippen LogP contribution in [0.25, 0.3) is 0 Å². The summed E-state index contributed by atoms with van der Waals surface area (Å²) in [6.45, 7) is 7.29. The lowest BCUT2D eigenvalue weighted by atomic mass is 10.2. The lowest BCUT2D eigenvalue weighted by Gasteiger charge is -2.37. The minimum absolute atomic E-state index is 0.152. The van der Waals surface area contributed by atoms with Crippen molar-refractivity contribution >= 4 is 17.6 Å². The summed E-state index contributed by atoms with van der Waals surface area (Å²) in [5.41, 5.74) is 2.37. The average Bonchev–Trinajstić information content (AvgIpc) is 3.26. The Kier molecular flexibility index (Phi) is 7.14. The first-order valence-electron chi connectivity index (χ1n) is 10.3. The second-order valence-electron chi connectivity index (χ2n) is 7.55. The molecular weight excluding hydrogens is 354 g/mol. The molecule has 3 rings (SSSR count). The summed E-state index contributed by atoms with van der Waals surface area (Å²) in [5.74, 6) is 1.07. The van der Waals surface area contributed by atoms with Gasteiger partial charge >= 0.3 is 0 Å². The van der Waals surface area contributed by atoms with E-state index in [1.54, 1.807) is 0 Å². The fourth-order valence-electron chi connectivity index (χ4n) is 3.64. The Bertz CT molecular complexity index is 677. The van der Waals surface area contributed by atoms with Gasteiger partial charge in [-0.2, -0.15) is 0 Å². The Hall–Kier alpha value is -2.28. The molecule has 2 aliphatic heterocycles. The van der Waals surface area contributed by atoms with Gasteiger partial charge in [0.05, 0.1) is 6.54 Å². The first kappa shape index (κ1) is 20.5. The smallest absolute Gasteiger partial charge is 0.251 e. The number of nitrogens with zero attached hydrogens (tertiary/aromatic N) is 4. The van der Waals surface area contributed by atoms with Crippen molar-refractivity contribution in [3.05, 3.63) is 29.8 Å². The molecule has 0 bridgehead atoms. The number of carbonyl (C=O) groups is 1. The van der Waals surface area contributed by atoms with E-state index < -0.39 is 0 Å². The molecule has 0 aromatic heterocycles. The van der Waals surface area contributed by atoms with Gasteiger partial charge in [-0.15, -0.1) is 0 Å². The molecule has 2 heterocycles. The molecule has 1 aromatic carbocycles. The van der Waals surface area contributed by atoms with Crippen LogP contribution < -0.4 is 10.2 Å². The van der Waals surface area contributed by atoms with E-state index in [1.807, 2.05) is 19.0 Å². The molecule has 2 aliphatic rings. The summed E-state index contributed by atoms with van der Waals surface area (Å²) >= 11 is 0. The van der Waals surface area contributed by atoms with E-state index in [0.29, 0.717) is 13.2 Å². The molecule has 1 N–H and O–H groups in total. The quantitative estimate of drug-likeness (QED) is 0.614. The molecule has 2 fully saturated rings.